The maximum absolute atomic E-state index is 14.2. The Kier molecular flexibility index (Phi) is 6.76. The summed E-state index contributed by atoms with van der Waals surface area (Å²) in [6, 6.07) is 7.15. The lowest BCUT2D eigenvalue weighted by Crippen LogP contribution is -2.20. The third kappa shape index (κ3) is 4.95. The number of amides is 1. The number of aromatic nitrogens is 3. The van der Waals surface area contributed by atoms with Gasteiger partial charge in [0.25, 0.3) is 5.91 Å². The highest BCUT2D eigenvalue weighted by atomic mass is 19.1. The number of nitrogens with zero attached hydrogens (tertiary/aromatic N) is 3. The van der Waals surface area contributed by atoms with E-state index in [1.54, 1.807) is 31.2 Å². The molecule has 0 saturated carbocycles. The maximum Gasteiger partial charge on any atom is 0.254 e. The van der Waals surface area contributed by atoms with E-state index in [0.29, 0.717) is 46.7 Å². The standard InChI is InChI=1S/C22H24FN7O/c1-13(25)8-15(10-24)18-9-19(30-12-29-18)27-7-6-14-4-3-5-16-20(22(31)26-2)17(23)11-28-21(14)16/h3-5,8-12H,6-7,24-25H2,1-2H3,(H,26,31)(H,27,29,30)/b13-8-,15-10+. The number of carbonyl (C=O) groups excluding carboxylic acids is 1. The van der Waals surface area contributed by atoms with Crippen molar-refractivity contribution in [1.82, 2.24) is 20.3 Å². The Hall–Kier alpha value is -4.01. The summed E-state index contributed by atoms with van der Waals surface area (Å²) in [6.45, 7) is 2.31. The minimum Gasteiger partial charge on any atom is -0.404 e. The van der Waals surface area contributed by atoms with Crippen molar-refractivity contribution >= 4 is 28.2 Å². The number of halogens is 1. The smallest absolute Gasteiger partial charge is 0.254 e. The van der Waals surface area contributed by atoms with E-state index in [2.05, 4.69) is 25.6 Å². The molecule has 0 aliphatic heterocycles. The number of nitrogens with one attached hydrogen (secondary N) is 2. The predicted molar refractivity (Wildman–Crippen MR) is 119 cm³/mol. The molecule has 1 aromatic carbocycles. The summed E-state index contributed by atoms with van der Waals surface area (Å²) in [5.74, 6) is -0.516. The zero-order chi connectivity index (χ0) is 22.4. The number of para-hydroxylation sites is 1. The van der Waals surface area contributed by atoms with E-state index in [-0.39, 0.29) is 5.56 Å². The monoisotopic (exact) mass is 421 g/mol. The van der Waals surface area contributed by atoms with Crippen LogP contribution in [0.15, 0.2) is 54.8 Å². The van der Waals surface area contributed by atoms with Gasteiger partial charge in [0.2, 0.25) is 0 Å². The van der Waals surface area contributed by atoms with Crippen LogP contribution < -0.4 is 22.1 Å². The van der Waals surface area contributed by atoms with E-state index in [1.807, 2.05) is 6.07 Å². The third-order valence-electron chi connectivity index (χ3n) is 4.61. The lowest BCUT2D eigenvalue weighted by atomic mass is 10.0. The minimum atomic E-state index is -0.652. The van der Waals surface area contributed by atoms with Crippen LogP contribution in [0.25, 0.3) is 16.5 Å². The molecular weight excluding hydrogens is 397 g/mol. The van der Waals surface area contributed by atoms with Crippen molar-refractivity contribution in [2.24, 2.45) is 11.5 Å². The van der Waals surface area contributed by atoms with Crippen molar-refractivity contribution in [2.45, 2.75) is 13.3 Å². The van der Waals surface area contributed by atoms with E-state index in [9.17, 15) is 9.18 Å². The highest BCUT2D eigenvalue weighted by Gasteiger charge is 2.17. The van der Waals surface area contributed by atoms with Gasteiger partial charge >= 0.3 is 0 Å². The van der Waals surface area contributed by atoms with Crippen LogP contribution in [0.1, 0.15) is 28.5 Å². The molecule has 1 amide bonds. The van der Waals surface area contributed by atoms with Gasteiger partial charge in [-0.2, -0.15) is 0 Å². The molecule has 0 aliphatic carbocycles. The molecule has 0 fully saturated rings. The number of benzene rings is 1. The zero-order valence-corrected chi connectivity index (χ0v) is 17.3. The Bertz CT molecular complexity index is 1170. The van der Waals surface area contributed by atoms with Crippen LogP contribution in [-0.2, 0) is 6.42 Å². The van der Waals surface area contributed by atoms with Crippen LogP contribution in [0.2, 0.25) is 0 Å². The summed E-state index contributed by atoms with van der Waals surface area (Å²) in [5, 5.41) is 6.18. The van der Waals surface area contributed by atoms with E-state index in [1.165, 1.54) is 19.6 Å². The van der Waals surface area contributed by atoms with E-state index in [4.69, 9.17) is 11.5 Å². The SMILES string of the molecule is CNC(=O)c1c(F)cnc2c(CCNc3cc(C(/C=C(/C)N)=C/N)ncn3)cccc12. The summed E-state index contributed by atoms with van der Waals surface area (Å²) < 4.78 is 14.2. The highest BCUT2D eigenvalue weighted by molar-refractivity contribution is 6.06. The summed E-state index contributed by atoms with van der Waals surface area (Å²) >= 11 is 0. The van der Waals surface area contributed by atoms with Gasteiger partial charge in [-0.05, 0) is 25.0 Å². The first kappa shape index (κ1) is 21.7. The van der Waals surface area contributed by atoms with Gasteiger partial charge in [0.05, 0.1) is 23.0 Å². The molecule has 8 nitrogen and oxygen atoms in total. The van der Waals surface area contributed by atoms with Crippen molar-refractivity contribution in [2.75, 3.05) is 18.9 Å². The van der Waals surface area contributed by atoms with Gasteiger partial charge in [-0.15, -0.1) is 0 Å². The molecule has 31 heavy (non-hydrogen) atoms. The zero-order valence-electron chi connectivity index (χ0n) is 17.3. The number of pyridine rings is 1. The van der Waals surface area contributed by atoms with Gasteiger partial charge in [0.15, 0.2) is 5.82 Å². The fourth-order valence-corrected chi connectivity index (χ4v) is 3.21. The fourth-order valence-electron chi connectivity index (χ4n) is 3.21. The largest absolute Gasteiger partial charge is 0.404 e. The summed E-state index contributed by atoms with van der Waals surface area (Å²) in [7, 11) is 1.47. The van der Waals surface area contributed by atoms with Crippen LogP contribution in [0.3, 0.4) is 0 Å². The Balaban J connectivity index is 1.80. The number of hydrogen-bond acceptors (Lipinski definition) is 7. The summed E-state index contributed by atoms with van der Waals surface area (Å²) in [5.41, 5.74) is 14.8. The van der Waals surface area contributed by atoms with Crippen molar-refractivity contribution in [1.29, 1.82) is 0 Å². The molecule has 3 rings (SSSR count). The molecule has 0 radical (unpaired) electrons. The summed E-state index contributed by atoms with van der Waals surface area (Å²) in [6.07, 6.45) is 6.28. The fraction of sp³-hybridized carbons (Fsp3) is 0.182. The van der Waals surface area contributed by atoms with Crippen LogP contribution >= 0.6 is 0 Å². The third-order valence-corrected chi connectivity index (χ3v) is 4.61. The van der Waals surface area contributed by atoms with Gasteiger partial charge in [0.1, 0.15) is 12.1 Å². The molecule has 0 bridgehead atoms. The molecule has 0 saturated heterocycles. The topological polar surface area (TPSA) is 132 Å². The molecule has 0 spiro atoms. The maximum atomic E-state index is 14.2. The van der Waals surface area contributed by atoms with Crippen molar-refractivity contribution < 1.29 is 9.18 Å². The Labute approximate surface area is 179 Å². The quantitative estimate of drug-likeness (QED) is 0.431. The van der Waals surface area contributed by atoms with Gasteiger partial charge in [-0.25, -0.2) is 14.4 Å². The first-order valence-corrected chi connectivity index (χ1v) is 9.64. The normalized spacial score (nSPS) is 12.1. The van der Waals surface area contributed by atoms with Crippen LogP contribution in [0.5, 0.6) is 0 Å². The van der Waals surface area contributed by atoms with Crippen LogP contribution in [-0.4, -0.2) is 34.5 Å². The molecule has 0 unspecified atom stereocenters. The molecule has 160 valence electrons. The molecular formula is C22H24FN7O. The second kappa shape index (κ2) is 9.66. The number of allylic oxidation sites excluding steroid dienone is 3. The van der Waals surface area contributed by atoms with Gasteiger partial charge < -0.3 is 22.1 Å². The minimum absolute atomic E-state index is 0.00731. The Morgan fingerprint density at radius 2 is 2.06 bits per heavy atom. The van der Waals surface area contributed by atoms with Crippen LogP contribution in [0.4, 0.5) is 10.2 Å². The van der Waals surface area contributed by atoms with E-state index in [0.717, 1.165) is 11.8 Å². The molecule has 3 aromatic rings. The summed E-state index contributed by atoms with van der Waals surface area (Å²) in [4.78, 5) is 24.8. The van der Waals surface area contributed by atoms with Gasteiger partial charge in [-0.3, -0.25) is 9.78 Å². The Morgan fingerprint density at radius 1 is 1.26 bits per heavy atom. The van der Waals surface area contributed by atoms with Crippen molar-refractivity contribution in [3.05, 3.63) is 77.4 Å². The van der Waals surface area contributed by atoms with E-state index >= 15 is 0 Å². The lowest BCUT2D eigenvalue weighted by Gasteiger charge is -2.11. The number of fused-ring (bicyclic) bond motifs is 1. The predicted octanol–water partition coefficient (Wildman–Crippen LogP) is 2.34. The number of hydrogen-bond donors (Lipinski definition) is 4. The molecule has 6 N–H and O–H groups in total. The number of rotatable bonds is 7. The average Bonchev–Trinajstić information content (AvgIpc) is 2.77. The second-order valence-electron chi connectivity index (χ2n) is 6.85. The van der Waals surface area contributed by atoms with Crippen LogP contribution in [0, 0.1) is 5.82 Å². The molecule has 2 aromatic heterocycles. The van der Waals surface area contributed by atoms with Gasteiger partial charge in [0, 0.05) is 42.5 Å². The molecule has 9 heteroatoms. The first-order chi connectivity index (χ1) is 14.9. The van der Waals surface area contributed by atoms with Crippen molar-refractivity contribution in [3.8, 4) is 0 Å². The number of anilines is 1. The van der Waals surface area contributed by atoms with Crippen molar-refractivity contribution in [3.63, 3.8) is 0 Å². The highest BCUT2D eigenvalue weighted by Crippen LogP contribution is 2.23. The molecule has 2 heterocycles. The second-order valence-corrected chi connectivity index (χ2v) is 6.85. The number of nitrogens with two attached hydrogens (primary N) is 2. The van der Waals surface area contributed by atoms with E-state index < -0.39 is 11.7 Å². The Morgan fingerprint density at radius 3 is 2.77 bits per heavy atom. The average molecular weight is 421 g/mol. The molecule has 0 aliphatic rings. The first-order valence-electron chi connectivity index (χ1n) is 9.64. The number of carbonyl (C=O) groups is 1. The molecule has 0 atom stereocenters. The lowest BCUT2D eigenvalue weighted by molar-refractivity contribution is 0.0961. The van der Waals surface area contributed by atoms with Gasteiger partial charge in [-0.1, -0.05) is 18.2 Å².